The molecule has 1 N–H and O–H groups in total. The Bertz CT molecular complexity index is 2240. The van der Waals surface area contributed by atoms with E-state index in [4.69, 9.17) is 0 Å². The van der Waals surface area contributed by atoms with Gasteiger partial charge in [-0.15, -0.1) is 0 Å². The van der Waals surface area contributed by atoms with Gasteiger partial charge in [-0.25, -0.2) is 0 Å². The van der Waals surface area contributed by atoms with Crippen molar-refractivity contribution in [2.24, 2.45) is 7.05 Å². The van der Waals surface area contributed by atoms with Crippen molar-refractivity contribution in [2.45, 2.75) is 0 Å². The number of aryl methyl sites for hydroxylation is 1. The number of fused-ring (bicyclic) bond motifs is 9. The molecule has 0 amide bonds. The summed E-state index contributed by atoms with van der Waals surface area (Å²) in [5, 5.41) is 7.80. The molecular weight excluding hydrogens is 486 g/mol. The van der Waals surface area contributed by atoms with Gasteiger partial charge in [0.05, 0.1) is 11.0 Å². The maximum absolute atomic E-state index is 3.38. The molecule has 190 valence electrons. The molecule has 0 fully saturated rings. The fourth-order valence-corrected chi connectivity index (χ4v) is 6.29. The van der Waals surface area contributed by atoms with E-state index in [2.05, 4.69) is 161 Å². The molecular formula is C37H27N3. The van der Waals surface area contributed by atoms with E-state index in [-0.39, 0.29) is 0 Å². The molecule has 0 saturated carbocycles. The Hall–Kier alpha value is -5.28. The highest BCUT2D eigenvalue weighted by molar-refractivity contribution is 6.11. The van der Waals surface area contributed by atoms with Crippen LogP contribution in [0.15, 0.2) is 140 Å². The minimum Gasteiger partial charge on any atom is -0.355 e. The number of nitrogens with zero attached hydrogens (tertiary/aromatic N) is 2. The minimum atomic E-state index is 1.20. The molecule has 0 atom stereocenters. The molecule has 0 aliphatic carbocycles. The third kappa shape index (κ3) is 3.38. The van der Waals surface area contributed by atoms with E-state index in [1.807, 2.05) is 0 Å². The van der Waals surface area contributed by atoms with E-state index in [0.717, 1.165) is 0 Å². The fourth-order valence-electron chi connectivity index (χ4n) is 6.29. The predicted molar refractivity (Wildman–Crippen MR) is 171 cm³/mol. The molecule has 0 bridgehead atoms. The Labute approximate surface area is 231 Å². The number of nitrogens with one attached hydrogen (secondary N) is 1. The second-order valence-electron chi connectivity index (χ2n) is 10.4. The van der Waals surface area contributed by atoms with Gasteiger partial charge in [0.25, 0.3) is 0 Å². The van der Waals surface area contributed by atoms with Gasteiger partial charge in [0.15, 0.2) is 0 Å². The topological polar surface area (TPSA) is 25.6 Å². The standard InChI is InChI=1S/C25H18N2.C12H9N/c1-26-22-11-5-2-10-20(22)21-16-17(14-15-23(21)26)27-24-12-6-3-8-18(24)19-9-4-7-13-25(19)27;1-3-7-11-9(5-1)10-6-2-4-8-12(10)13-11/h2-16H,1H3;1-8,13H. The summed E-state index contributed by atoms with van der Waals surface area (Å²) < 4.78 is 4.66. The van der Waals surface area contributed by atoms with Gasteiger partial charge in [0.1, 0.15) is 0 Å². The Kier molecular flexibility index (Phi) is 5.04. The Morgan fingerprint density at radius 1 is 0.400 bits per heavy atom. The second kappa shape index (κ2) is 8.89. The zero-order chi connectivity index (χ0) is 26.6. The molecule has 0 saturated heterocycles. The molecule has 0 radical (unpaired) electrons. The summed E-state index contributed by atoms with van der Waals surface area (Å²) in [5.41, 5.74) is 8.66. The van der Waals surface area contributed by atoms with Crippen molar-refractivity contribution in [1.82, 2.24) is 14.1 Å². The molecule has 3 heteroatoms. The highest BCUT2D eigenvalue weighted by atomic mass is 15.0. The average Bonchev–Trinajstić information content (AvgIpc) is 3.65. The zero-order valence-electron chi connectivity index (χ0n) is 22.2. The lowest BCUT2D eigenvalue weighted by Crippen LogP contribution is -1.94. The summed E-state index contributed by atoms with van der Waals surface area (Å²) in [6, 6.07) is 49.5. The van der Waals surface area contributed by atoms with Crippen LogP contribution in [0.25, 0.3) is 71.1 Å². The van der Waals surface area contributed by atoms with E-state index in [9.17, 15) is 0 Å². The third-order valence-electron chi connectivity index (χ3n) is 8.15. The molecule has 0 aliphatic rings. The maximum atomic E-state index is 3.38. The molecule has 0 unspecified atom stereocenters. The first-order valence-corrected chi connectivity index (χ1v) is 13.7. The van der Waals surface area contributed by atoms with Gasteiger partial charge in [-0.3, -0.25) is 0 Å². The predicted octanol–water partition coefficient (Wildman–Crippen LogP) is 9.75. The van der Waals surface area contributed by atoms with Gasteiger partial charge >= 0.3 is 0 Å². The van der Waals surface area contributed by atoms with Crippen molar-refractivity contribution in [3.05, 3.63) is 140 Å². The van der Waals surface area contributed by atoms with E-state index in [1.165, 1.54) is 71.1 Å². The molecule has 3 nitrogen and oxygen atoms in total. The van der Waals surface area contributed by atoms with Crippen molar-refractivity contribution in [3.8, 4) is 5.69 Å². The SMILES string of the molecule is Cn1c2ccccc2c2cc(-n3c4ccccc4c4ccccc43)ccc21.c1ccc2c(c1)[nH]c1ccccc12. The van der Waals surface area contributed by atoms with Crippen LogP contribution < -0.4 is 0 Å². The number of aromatic amines is 1. The van der Waals surface area contributed by atoms with Gasteiger partial charge < -0.3 is 14.1 Å². The number of hydrogen-bond donors (Lipinski definition) is 1. The Morgan fingerprint density at radius 2 is 0.825 bits per heavy atom. The summed E-state index contributed by atoms with van der Waals surface area (Å²) in [6.07, 6.45) is 0. The lowest BCUT2D eigenvalue weighted by molar-refractivity contribution is 1.01. The average molecular weight is 514 g/mol. The molecule has 0 aliphatic heterocycles. The number of benzene rings is 6. The molecule has 40 heavy (non-hydrogen) atoms. The molecule has 6 aromatic carbocycles. The highest BCUT2D eigenvalue weighted by Crippen LogP contribution is 2.35. The Balaban J connectivity index is 0.000000158. The van der Waals surface area contributed by atoms with E-state index < -0.39 is 0 Å². The van der Waals surface area contributed by atoms with Gasteiger partial charge in [0, 0.05) is 67.1 Å². The van der Waals surface area contributed by atoms with E-state index in [0.29, 0.717) is 0 Å². The van der Waals surface area contributed by atoms with Crippen molar-refractivity contribution in [2.75, 3.05) is 0 Å². The maximum Gasteiger partial charge on any atom is 0.0541 e. The van der Waals surface area contributed by atoms with Crippen molar-refractivity contribution in [3.63, 3.8) is 0 Å². The van der Waals surface area contributed by atoms with Crippen molar-refractivity contribution in [1.29, 1.82) is 0 Å². The summed E-state index contributed by atoms with van der Waals surface area (Å²) in [4.78, 5) is 3.38. The smallest absolute Gasteiger partial charge is 0.0541 e. The first kappa shape index (κ1) is 22.7. The number of rotatable bonds is 1. The minimum absolute atomic E-state index is 1.20. The van der Waals surface area contributed by atoms with E-state index >= 15 is 0 Å². The molecule has 9 rings (SSSR count). The van der Waals surface area contributed by atoms with E-state index in [1.54, 1.807) is 0 Å². The second-order valence-corrected chi connectivity index (χ2v) is 10.4. The quantitative estimate of drug-likeness (QED) is 0.226. The van der Waals surface area contributed by atoms with Crippen LogP contribution in [0.4, 0.5) is 0 Å². The Morgan fingerprint density at radius 3 is 1.40 bits per heavy atom. The molecule has 3 aromatic heterocycles. The first-order chi connectivity index (χ1) is 19.8. The van der Waals surface area contributed by atoms with Gasteiger partial charge in [-0.1, -0.05) is 91.0 Å². The largest absolute Gasteiger partial charge is 0.355 e. The van der Waals surface area contributed by atoms with Crippen LogP contribution in [0, 0.1) is 0 Å². The number of para-hydroxylation sites is 5. The number of hydrogen-bond acceptors (Lipinski definition) is 0. The van der Waals surface area contributed by atoms with Crippen LogP contribution in [0.1, 0.15) is 0 Å². The van der Waals surface area contributed by atoms with Crippen LogP contribution in [0.3, 0.4) is 0 Å². The molecule has 9 aromatic rings. The first-order valence-electron chi connectivity index (χ1n) is 13.7. The van der Waals surface area contributed by atoms with Gasteiger partial charge in [0.2, 0.25) is 0 Å². The van der Waals surface area contributed by atoms with Crippen LogP contribution in [-0.2, 0) is 7.05 Å². The van der Waals surface area contributed by atoms with Gasteiger partial charge in [-0.05, 0) is 48.5 Å². The van der Waals surface area contributed by atoms with Crippen LogP contribution in [0.5, 0.6) is 0 Å². The van der Waals surface area contributed by atoms with Crippen LogP contribution >= 0.6 is 0 Å². The van der Waals surface area contributed by atoms with Crippen molar-refractivity contribution >= 4 is 65.4 Å². The van der Waals surface area contributed by atoms with Crippen molar-refractivity contribution < 1.29 is 0 Å². The summed E-state index contributed by atoms with van der Waals surface area (Å²) in [7, 11) is 2.14. The fraction of sp³-hybridized carbons (Fsp3) is 0.0270. The van der Waals surface area contributed by atoms with Crippen LogP contribution in [0.2, 0.25) is 0 Å². The lowest BCUT2D eigenvalue weighted by Gasteiger charge is -2.08. The monoisotopic (exact) mass is 513 g/mol. The normalized spacial score (nSPS) is 11.6. The summed E-state index contributed by atoms with van der Waals surface area (Å²) in [6.45, 7) is 0. The number of H-pyrrole nitrogens is 1. The van der Waals surface area contributed by atoms with Crippen LogP contribution in [-0.4, -0.2) is 14.1 Å². The number of aromatic nitrogens is 3. The lowest BCUT2D eigenvalue weighted by atomic mass is 10.1. The summed E-state index contributed by atoms with van der Waals surface area (Å²) >= 11 is 0. The molecule has 0 spiro atoms. The summed E-state index contributed by atoms with van der Waals surface area (Å²) in [5.74, 6) is 0. The molecule has 3 heterocycles. The zero-order valence-corrected chi connectivity index (χ0v) is 22.2. The third-order valence-corrected chi connectivity index (χ3v) is 8.15. The highest BCUT2D eigenvalue weighted by Gasteiger charge is 2.13. The van der Waals surface area contributed by atoms with Gasteiger partial charge in [-0.2, -0.15) is 0 Å².